The van der Waals surface area contributed by atoms with E-state index in [1.807, 2.05) is 35.7 Å². The Morgan fingerprint density at radius 1 is 1.60 bits per heavy atom. The Morgan fingerprint density at radius 3 is 3.07 bits per heavy atom. The molecule has 15 heavy (non-hydrogen) atoms. The van der Waals surface area contributed by atoms with Crippen LogP contribution in [-0.2, 0) is 13.6 Å². The molecule has 2 rings (SSSR count). The highest BCUT2D eigenvalue weighted by Crippen LogP contribution is 2.16. The first-order valence-electron chi connectivity index (χ1n) is 4.86. The summed E-state index contributed by atoms with van der Waals surface area (Å²) in [6.07, 6.45) is 3.86. The molecule has 1 unspecified atom stereocenters. The quantitative estimate of drug-likeness (QED) is 0.856. The summed E-state index contributed by atoms with van der Waals surface area (Å²) >= 11 is 1.67. The fourth-order valence-electron chi connectivity index (χ4n) is 1.36. The molecular weight excluding hydrogens is 208 g/mol. The van der Waals surface area contributed by atoms with Crippen LogP contribution in [0, 0.1) is 0 Å². The lowest BCUT2D eigenvalue weighted by Crippen LogP contribution is -2.17. The lowest BCUT2D eigenvalue weighted by Gasteiger charge is -2.09. The molecule has 0 spiro atoms. The number of hydrogen-bond acceptors (Lipinski definition) is 4. The van der Waals surface area contributed by atoms with Crippen molar-refractivity contribution in [3.63, 3.8) is 0 Å². The first kappa shape index (κ1) is 10.3. The smallest absolute Gasteiger partial charge is 0.0794 e. The Labute approximate surface area is 93.0 Å². The summed E-state index contributed by atoms with van der Waals surface area (Å²) in [7, 11) is 1.93. The first-order chi connectivity index (χ1) is 7.25. The third kappa shape index (κ3) is 2.64. The van der Waals surface area contributed by atoms with Crippen molar-refractivity contribution in [2.24, 2.45) is 7.05 Å². The lowest BCUT2D eigenvalue weighted by atomic mass is 10.3. The third-order valence-corrected chi connectivity index (χ3v) is 3.19. The fraction of sp³-hybridized carbons (Fsp3) is 0.400. The van der Waals surface area contributed by atoms with Gasteiger partial charge in [0.15, 0.2) is 0 Å². The highest BCUT2D eigenvalue weighted by atomic mass is 32.1. The number of nitrogens with one attached hydrogen (secondary N) is 1. The van der Waals surface area contributed by atoms with E-state index in [4.69, 9.17) is 0 Å². The van der Waals surface area contributed by atoms with Crippen LogP contribution in [0.2, 0.25) is 0 Å². The highest BCUT2D eigenvalue weighted by molar-refractivity contribution is 7.09. The van der Waals surface area contributed by atoms with Crippen LogP contribution in [0.5, 0.6) is 0 Å². The average molecular weight is 222 g/mol. The summed E-state index contributed by atoms with van der Waals surface area (Å²) in [5.41, 5.74) is 2.92. The van der Waals surface area contributed by atoms with Crippen LogP contribution >= 0.6 is 11.3 Å². The minimum atomic E-state index is 0.333. The average Bonchev–Trinajstić information content (AvgIpc) is 2.84. The van der Waals surface area contributed by atoms with Crippen molar-refractivity contribution in [3.8, 4) is 0 Å². The van der Waals surface area contributed by atoms with Gasteiger partial charge in [0.2, 0.25) is 0 Å². The largest absolute Gasteiger partial charge is 0.304 e. The van der Waals surface area contributed by atoms with Crippen molar-refractivity contribution in [2.45, 2.75) is 19.5 Å². The molecule has 0 aromatic carbocycles. The van der Waals surface area contributed by atoms with Crippen molar-refractivity contribution in [1.82, 2.24) is 20.1 Å². The van der Waals surface area contributed by atoms with Gasteiger partial charge in [0, 0.05) is 36.9 Å². The van der Waals surface area contributed by atoms with Crippen LogP contribution in [0.25, 0.3) is 0 Å². The van der Waals surface area contributed by atoms with Gasteiger partial charge in [0.05, 0.1) is 11.2 Å². The van der Waals surface area contributed by atoms with Gasteiger partial charge in [-0.1, -0.05) is 0 Å². The van der Waals surface area contributed by atoms with Crippen molar-refractivity contribution < 1.29 is 0 Å². The predicted octanol–water partition coefficient (Wildman–Crippen LogP) is 1.73. The number of rotatable bonds is 4. The molecule has 1 N–H and O–H groups in total. The maximum Gasteiger partial charge on any atom is 0.0794 e. The summed E-state index contributed by atoms with van der Waals surface area (Å²) in [5.74, 6) is 0. The Hall–Kier alpha value is -1.20. The van der Waals surface area contributed by atoms with Gasteiger partial charge in [-0.3, -0.25) is 9.67 Å². The molecule has 80 valence electrons. The van der Waals surface area contributed by atoms with E-state index in [0.29, 0.717) is 6.04 Å². The van der Waals surface area contributed by atoms with Gasteiger partial charge in [0.25, 0.3) is 0 Å². The summed E-state index contributed by atoms with van der Waals surface area (Å²) in [6, 6.07) is 2.35. The van der Waals surface area contributed by atoms with Crippen molar-refractivity contribution >= 4 is 11.3 Å². The molecule has 0 amide bonds. The summed E-state index contributed by atoms with van der Waals surface area (Å²) in [5, 5.41) is 7.72. The van der Waals surface area contributed by atoms with Gasteiger partial charge in [-0.15, -0.1) is 11.3 Å². The molecule has 2 aromatic rings. The van der Waals surface area contributed by atoms with E-state index < -0.39 is 0 Å². The molecule has 0 fully saturated rings. The molecule has 0 aliphatic rings. The van der Waals surface area contributed by atoms with Gasteiger partial charge >= 0.3 is 0 Å². The van der Waals surface area contributed by atoms with Crippen molar-refractivity contribution in [3.05, 3.63) is 34.5 Å². The van der Waals surface area contributed by atoms with Gasteiger partial charge in [0.1, 0.15) is 0 Å². The van der Waals surface area contributed by atoms with Gasteiger partial charge < -0.3 is 5.32 Å². The molecule has 0 radical (unpaired) electrons. The Morgan fingerprint density at radius 2 is 2.47 bits per heavy atom. The normalized spacial score (nSPS) is 12.9. The van der Waals surface area contributed by atoms with E-state index >= 15 is 0 Å². The van der Waals surface area contributed by atoms with E-state index in [1.165, 1.54) is 4.88 Å². The molecule has 2 heterocycles. The summed E-state index contributed by atoms with van der Waals surface area (Å²) in [4.78, 5) is 5.32. The molecule has 1 atom stereocenters. The zero-order valence-corrected chi connectivity index (χ0v) is 9.66. The van der Waals surface area contributed by atoms with Crippen molar-refractivity contribution in [1.29, 1.82) is 0 Å². The van der Waals surface area contributed by atoms with Crippen LogP contribution in [0.4, 0.5) is 0 Å². The van der Waals surface area contributed by atoms with Crippen LogP contribution in [0.3, 0.4) is 0 Å². The van der Waals surface area contributed by atoms with E-state index in [2.05, 4.69) is 22.3 Å². The van der Waals surface area contributed by atoms with E-state index in [0.717, 1.165) is 12.2 Å². The van der Waals surface area contributed by atoms with Gasteiger partial charge in [-0.05, 0) is 13.0 Å². The fourth-order valence-corrected chi connectivity index (χ4v) is 2.01. The topological polar surface area (TPSA) is 42.7 Å². The highest BCUT2D eigenvalue weighted by Gasteiger charge is 2.06. The van der Waals surface area contributed by atoms with E-state index in [1.54, 1.807) is 11.3 Å². The zero-order chi connectivity index (χ0) is 10.7. The molecule has 4 nitrogen and oxygen atoms in total. The maximum atomic E-state index is 4.31. The second-order valence-electron chi connectivity index (χ2n) is 3.49. The van der Waals surface area contributed by atoms with Crippen LogP contribution in [-0.4, -0.2) is 14.8 Å². The van der Waals surface area contributed by atoms with Crippen LogP contribution in [0.15, 0.2) is 24.0 Å². The molecular formula is C10H14N4S. The molecule has 0 aliphatic carbocycles. The number of nitrogens with zero attached hydrogens (tertiary/aromatic N) is 3. The summed E-state index contributed by atoms with van der Waals surface area (Å²) in [6.45, 7) is 2.93. The predicted molar refractivity (Wildman–Crippen MR) is 60.6 cm³/mol. The first-order valence-corrected chi connectivity index (χ1v) is 5.74. The maximum absolute atomic E-state index is 4.31. The van der Waals surface area contributed by atoms with Crippen molar-refractivity contribution in [2.75, 3.05) is 0 Å². The number of aryl methyl sites for hydroxylation is 1. The SMILES string of the molecule is CC(NCc1ccn(C)n1)c1cncs1. The Kier molecular flexibility index (Phi) is 3.13. The minimum Gasteiger partial charge on any atom is -0.304 e. The van der Waals surface area contributed by atoms with Crippen LogP contribution in [0.1, 0.15) is 23.5 Å². The third-order valence-electron chi connectivity index (χ3n) is 2.24. The van der Waals surface area contributed by atoms with E-state index in [-0.39, 0.29) is 0 Å². The van der Waals surface area contributed by atoms with E-state index in [9.17, 15) is 0 Å². The standard InChI is InChI=1S/C10H14N4S/c1-8(10-6-11-7-15-10)12-5-9-3-4-14(2)13-9/h3-4,6-8,12H,5H2,1-2H3. The minimum absolute atomic E-state index is 0.333. The Balaban J connectivity index is 1.88. The number of thiazole rings is 1. The zero-order valence-electron chi connectivity index (χ0n) is 8.84. The van der Waals surface area contributed by atoms with Gasteiger partial charge in [-0.25, -0.2) is 0 Å². The molecule has 0 saturated carbocycles. The molecule has 0 aliphatic heterocycles. The van der Waals surface area contributed by atoms with Gasteiger partial charge in [-0.2, -0.15) is 5.10 Å². The Bertz CT molecular complexity index is 407. The van der Waals surface area contributed by atoms with Crippen LogP contribution < -0.4 is 5.32 Å². The second-order valence-corrected chi connectivity index (χ2v) is 4.41. The lowest BCUT2D eigenvalue weighted by molar-refractivity contribution is 0.568. The number of aromatic nitrogens is 3. The molecule has 0 bridgehead atoms. The summed E-state index contributed by atoms with van der Waals surface area (Å²) < 4.78 is 1.81. The molecule has 2 aromatic heterocycles. The molecule has 0 saturated heterocycles. The second kappa shape index (κ2) is 4.55. The monoisotopic (exact) mass is 222 g/mol. The number of hydrogen-bond donors (Lipinski definition) is 1. The molecule has 5 heteroatoms.